The third-order valence-corrected chi connectivity index (χ3v) is 5.85. The number of amides is 2. The zero-order chi connectivity index (χ0) is 21.3. The van der Waals surface area contributed by atoms with Gasteiger partial charge in [0.05, 0.1) is 18.2 Å². The van der Waals surface area contributed by atoms with Crippen molar-refractivity contribution in [3.8, 4) is 11.8 Å². The first-order chi connectivity index (χ1) is 14.5. The molecule has 2 aromatic rings. The minimum atomic E-state index is -1.77. The Hall–Kier alpha value is -2.96. The molecule has 2 aliphatic rings. The number of piperidine rings is 1. The lowest BCUT2D eigenvalue weighted by Gasteiger charge is -2.25. The summed E-state index contributed by atoms with van der Waals surface area (Å²) in [7, 11) is -1.77. The lowest BCUT2D eigenvalue weighted by molar-refractivity contribution is -0.127. The van der Waals surface area contributed by atoms with Gasteiger partial charge in [0.25, 0.3) is 5.91 Å². The summed E-state index contributed by atoms with van der Waals surface area (Å²) < 4.78 is 10.8. The molecular formula is C21H23BN2O6. The van der Waals surface area contributed by atoms with Gasteiger partial charge >= 0.3 is 13.2 Å². The minimum Gasteiger partial charge on any atom is -0.464 e. The Kier molecular flexibility index (Phi) is 5.70. The third-order valence-electron chi connectivity index (χ3n) is 5.85. The Bertz CT molecular complexity index is 1010. The van der Waals surface area contributed by atoms with E-state index in [1.807, 2.05) is 24.3 Å². The van der Waals surface area contributed by atoms with Crippen molar-refractivity contribution in [3.05, 3.63) is 36.1 Å². The molecule has 1 aromatic heterocycles. The molecule has 4 atom stereocenters. The fourth-order valence-electron chi connectivity index (χ4n) is 4.21. The predicted molar refractivity (Wildman–Crippen MR) is 109 cm³/mol. The van der Waals surface area contributed by atoms with Crippen molar-refractivity contribution in [2.75, 3.05) is 13.2 Å². The van der Waals surface area contributed by atoms with Crippen LogP contribution in [-0.4, -0.2) is 59.2 Å². The summed E-state index contributed by atoms with van der Waals surface area (Å²) >= 11 is 0. The van der Waals surface area contributed by atoms with E-state index in [1.54, 1.807) is 11.8 Å². The normalized spacial score (nSPS) is 22.6. The van der Waals surface area contributed by atoms with Crippen LogP contribution >= 0.6 is 0 Å². The predicted octanol–water partition coefficient (Wildman–Crippen LogP) is 0.952. The number of alkyl carbamates (subject to hydrolysis) is 1. The highest BCUT2D eigenvalue weighted by molar-refractivity contribution is 6.43. The molecule has 1 saturated heterocycles. The monoisotopic (exact) mass is 410 g/mol. The van der Waals surface area contributed by atoms with Crippen molar-refractivity contribution < 1.29 is 28.8 Å². The van der Waals surface area contributed by atoms with Crippen LogP contribution in [0.4, 0.5) is 4.79 Å². The molecule has 2 amide bonds. The minimum absolute atomic E-state index is 0.0486. The highest BCUT2D eigenvalue weighted by Gasteiger charge is 2.54. The number of benzene rings is 1. The third kappa shape index (κ3) is 4.15. The SMILES string of the molecule is CC#CC(=O)N1C[C@@H]2C[C@@H]2[C@@H]1COC(=O)N[C@@H](Cc1coc2ccccc12)B(O)O. The summed E-state index contributed by atoms with van der Waals surface area (Å²) in [5.74, 6) is 4.70. The molecule has 0 unspecified atom stereocenters. The van der Waals surface area contributed by atoms with Gasteiger partial charge in [-0.1, -0.05) is 24.1 Å². The van der Waals surface area contributed by atoms with E-state index in [-0.39, 0.29) is 25.0 Å². The molecule has 8 nitrogen and oxygen atoms in total. The molecule has 0 radical (unpaired) electrons. The first kappa shape index (κ1) is 20.3. The number of fused-ring (bicyclic) bond motifs is 2. The number of furan rings is 1. The summed E-state index contributed by atoms with van der Waals surface area (Å²) in [6.07, 6.45) is 1.95. The highest BCUT2D eigenvalue weighted by Crippen LogP contribution is 2.49. The Balaban J connectivity index is 1.35. The first-order valence-electron chi connectivity index (χ1n) is 9.95. The molecule has 9 heteroatoms. The summed E-state index contributed by atoms with van der Waals surface area (Å²) in [4.78, 5) is 26.1. The van der Waals surface area contributed by atoms with Gasteiger partial charge in [-0.3, -0.25) is 4.79 Å². The van der Waals surface area contributed by atoms with E-state index >= 15 is 0 Å². The van der Waals surface area contributed by atoms with Crippen molar-refractivity contribution in [2.45, 2.75) is 31.7 Å². The molecule has 1 saturated carbocycles. The van der Waals surface area contributed by atoms with Crippen molar-refractivity contribution in [1.82, 2.24) is 10.2 Å². The van der Waals surface area contributed by atoms with Crippen LogP contribution in [0, 0.1) is 23.7 Å². The molecule has 156 valence electrons. The molecule has 2 fully saturated rings. The maximum Gasteiger partial charge on any atom is 0.475 e. The van der Waals surface area contributed by atoms with E-state index in [2.05, 4.69) is 17.2 Å². The van der Waals surface area contributed by atoms with Gasteiger partial charge in [0.2, 0.25) is 0 Å². The zero-order valence-electron chi connectivity index (χ0n) is 16.6. The fourth-order valence-corrected chi connectivity index (χ4v) is 4.21. The van der Waals surface area contributed by atoms with Crippen molar-refractivity contribution in [1.29, 1.82) is 0 Å². The molecule has 2 heterocycles. The molecule has 0 bridgehead atoms. The second-order valence-corrected chi connectivity index (χ2v) is 7.78. The van der Waals surface area contributed by atoms with Crippen LogP contribution in [0.1, 0.15) is 18.9 Å². The number of hydrogen-bond donors (Lipinski definition) is 3. The molecule has 3 N–H and O–H groups in total. The lowest BCUT2D eigenvalue weighted by atomic mass is 9.76. The van der Waals surface area contributed by atoms with Crippen LogP contribution in [0.3, 0.4) is 0 Å². The Morgan fingerprint density at radius 2 is 2.20 bits per heavy atom. The summed E-state index contributed by atoms with van der Waals surface area (Å²) in [5, 5.41) is 22.8. The lowest BCUT2D eigenvalue weighted by Crippen LogP contribution is -2.49. The number of hydrogen-bond acceptors (Lipinski definition) is 6. The second kappa shape index (κ2) is 8.42. The maximum atomic E-state index is 12.3. The van der Waals surface area contributed by atoms with E-state index in [9.17, 15) is 19.6 Å². The number of para-hydroxylation sites is 1. The van der Waals surface area contributed by atoms with Gasteiger partial charge in [-0.05, 0) is 49.2 Å². The highest BCUT2D eigenvalue weighted by atomic mass is 16.5. The van der Waals surface area contributed by atoms with Crippen molar-refractivity contribution >= 4 is 30.1 Å². The smallest absolute Gasteiger partial charge is 0.464 e. The molecule has 1 aliphatic heterocycles. The zero-order valence-corrected chi connectivity index (χ0v) is 16.6. The Labute approximate surface area is 174 Å². The molecular weight excluding hydrogens is 387 g/mol. The molecule has 30 heavy (non-hydrogen) atoms. The van der Waals surface area contributed by atoms with E-state index in [4.69, 9.17) is 9.15 Å². The van der Waals surface area contributed by atoms with Crippen LogP contribution in [0.2, 0.25) is 0 Å². The number of carbonyl (C=O) groups is 2. The van der Waals surface area contributed by atoms with E-state index < -0.39 is 19.2 Å². The number of nitrogens with zero attached hydrogens (tertiary/aromatic N) is 1. The molecule has 1 aromatic carbocycles. The van der Waals surface area contributed by atoms with Crippen LogP contribution in [0.15, 0.2) is 34.9 Å². The number of likely N-dealkylation sites (tertiary alicyclic amines) is 1. The van der Waals surface area contributed by atoms with Crippen molar-refractivity contribution in [3.63, 3.8) is 0 Å². The van der Waals surface area contributed by atoms with Crippen LogP contribution in [0.25, 0.3) is 11.0 Å². The quantitative estimate of drug-likeness (QED) is 0.483. The number of ether oxygens (including phenoxy) is 1. The van der Waals surface area contributed by atoms with Gasteiger partial charge in [-0.25, -0.2) is 4.79 Å². The molecule has 1 aliphatic carbocycles. The van der Waals surface area contributed by atoms with Gasteiger partial charge in [-0.15, -0.1) is 0 Å². The Morgan fingerprint density at radius 3 is 2.97 bits per heavy atom. The second-order valence-electron chi connectivity index (χ2n) is 7.78. The Morgan fingerprint density at radius 1 is 1.40 bits per heavy atom. The van der Waals surface area contributed by atoms with Gasteiger partial charge < -0.3 is 29.4 Å². The standard InChI is InChI=1S/C21H23BN2O6/c1-2-5-20(25)24-10-13-8-16(13)17(24)12-30-21(26)23-19(22(27)28)9-14-11-29-18-7-4-3-6-15(14)18/h3-4,6-7,11,13,16-17,19,27-28H,8-10,12H2,1H3,(H,23,26)/t13-,16-,17-,19-/m0/s1. The summed E-state index contributed by atoms with van der Waals surface area (Å²) in [5.41, 5.74) is 1.43. The van der Waals surface area contributed by atoms with Gasteiger partial charge in [-0.2, -0.15) is 0 Å². The van der Waals surface area contributed by atoms with Gasteiger partial charge in [0.15, 0.2) is 0 Å². The van der Waals surface area contributed by atoms with E-state index in [0.29, 0.717) is 24.0 Å². The molecule has 0 spiro atoms. The average Bonchev–Trinajstić information content (AvgIpc) is 3.23. The number of carbonyl (C=O) groups excluding carboxylic acids is 2. The van der Waals surface area contributed by atoms with Gasteiger partial charge in [0, 0.05) is 11.9 Å². The van der Waals surface area contributed by atoms with E-state index in [0.717, 1.165) is 17.4 Å². The molecule has 4 rings (SSSR count). The van der Waals surface area contributed by atoms with Gasteiger partial charge in [0.1, 0.15) is 12.2 Å². The summed E-state index contributed by atoms with van der Waals surface area (Å²) in [6, 6.07) is 7.19. The largest absolute Gasteiger partial charge is 0.475 e. The number of rotatable bonds is 6. The average molecular weight is 410 g/mol. The van der Waals surface area contributed by atoms with Crippen molar-refractivity contribution in [2.24, 2.45) is 11.8 Å². The van der Waals surface area contributed by atoms with E-state index in [1.165, 1.54) is 6.26 Å². The maximum absolute atomic E-state index is 12.3. The van der Waals surface area contributed by atoms with Crippen LogP contribution < -0.4 is 5.32 Å². The summed E-state index contributed by atoms with van der Waals surface area (Å²) in [6.45, 7) is 2.30. The first-order valence-corrected chi connectivity index (χ1v) is 9.95. The topological polar surface area (TPSA) is 112 Å². The van der Waals surface area contributed by atoms with Crippen LogP contribution in [-0.2, 0) is 16.0 Å². The van der Waals surface area contributed by atoms with Crippen LogP contribution in [0.5, 0.6) is 0 Å². The fraction of sp³-hybridized carbons (Fsp3) is 0.429. The number of nitrogens with one attached hydrogen (secondary N) is 1.